The number of hydrogen-bond acceptors (Lipinski definition) is 3. The first-order chi connectivity index (χ1) is 8.24. The number of H-pyrrole nitrogens is 1. The maximum absolute atomic E-state index is 11.7. The van der Waals surface area contributed by atoms with Crippen LogP contribution in [-0.2, 0) is 11.2 Å². The summed E-state index contributed by atoms with van der Waals surface area (Å²) in [6.45, 7) is 1.89. The standard InChI is InChI=1S/C12H14N4O/c1-9-6-10(4-5-14-9)16-12(17)3-2-11-7-13-8-15-11/h4-8H,2-3H2,1H3,(H,13,15)(H,14,16,17). The third-order valence-electron chi connectivity index (χ3n) is 2.36. The molecule has 0 bridgehead atoms. The van der Waals surface area contributed by atoms with Crippen molar-refractivity contribution in [1.82, 2.24) is 15.0 Å². The second kappa shape index (κ2) is 5.25. The van der Waals surface area contributed by atoms with E-state index in [4.69, 9.17) is 0 Å². The first-order valence-corrected chi connectivity index (χ1v) is 5.44. The molecule has 0 saturated heterocycles. The Hall–Kier alpha value is -2.17. The van der Waals surface area contributed by atoms with Crippen molar-refractivity contribution in [3.05, 3.63) is 42.2 Å². The van der Waals surface area contributed by atoms with Crippen molar-refractivity contribution < 1.29 is 4.79 Å². The summed E-state index contributed by atoms with van der Waals surface area (Å²) in [6.07, 6.45) is 6.11. The van der Waals surface area contributed by atoms with E-state index in [9.17, 15) is 4.79 Å². The molecule has 2 heterocycles. The van der Waals surface area contributed by atoms with Crippen molar-refractivity contribution in [2.24, 2.45) is 0 Å². The van der Waals surface area contributed by atoms with Crippen molar-refractivity contribution in [2.75, 3.05) is 5.32 Å². The zero-order chi connectivity index (χ0) is 12.1. The lowest BCUT2D eigenvalue weighted by molar-refractivity contribution is -0.116. The number of amides is 1. The Labute approximate surface area is 99.3 Å². The average Bonchev–Trinajstić information content (AvgIpc) is 2.79. The van der Waals surface area contributed by atoms with Crippen LogP contribution in [0, 0.1) is 6.92 Å². The molecule has 0 radical (unpaired) electrons. The summed E-state index contributed by atoms with van der Waals surface area (Å²) in [5.41, 5.74) is 2.63. The van der Waals surface area contributed by atoms with Crippen LogP contribution in [0.2, 0.25) is 0 Å². The van der Waals surface area contributed by atoms with E-state index in [-0.39, 0.29) is 5.91 Å². The Morgan fingerprint density at radius 3 is 3.12 bits per heavy atom. The largest absolute Gasteiger partial charge is 0.348 e. The maximum Gasteiger partial charge on any atom is 0.224 e. The topological polar surface area (TPSA) is 70.7 Å². The average molecular weight is 230 g/mol. The molecule has 5 heteroatoms. The fourth-order valence-electron chi connectivity index (χ4n) is 1.52. The van der Waals surface area contributed by atoms with E-state index in [2.05, 4.69) is 20.3 Å². The number of aromatic amines is 1. The van der Waals surface area contributed by atoms with Crippen molar-refractivity contribution in [1.29, 1.82) is 0 Å². The monoisotopic (exact) mass is 230 g/mol. The van der Waals surface area contributed by atoms with Crippen LogP contribution in [-0.4, -0.2) is 20.9 Å². The first kappa shape index (κ1) is 11.3. The molecular weight excluding hydrogens is 216 g/mol. The van der Waals surface area contributed by atoms with E-state index in [1.165, 1.54) is 0 Å². The molecule has 0 aromatic carbocycles. The second-order valence-electron chi connectivity index (χ2n) is 3.81. The molecule has 17 heavy (non-hydrogen) atoms. The Morgan fingerprint density at radius 2 is 2.41 bits per heavy atom. The van der Waals surface area contributed by atoms with Gasteiger partial charge in [0, 0.05) is 35.9 Å². The van der Waals surface area contributed by atoms with Crippen LogP contribution < -0.4 is 5.32 Å². The highest BCUT2D eigenvalue weighted by molar-refractivity contribution is 5.90. The van der Waals surface area contributed by atoms with Gasteiger partial charge in [-0.3, -0.25) is 9.78 Å². The van der Waals surface area contributed by atoms with Crippen molar-refractivity contribution in [2.45, 2.75) is 19.8 Å². The SMILES string of the molecule is Cc1cc(NC(=O)CCc2cnc[nH]2)ccn1. The van der Waals surface area contributed by atoms with Gasteiger partial charge in [-0.25, -0.2) is 4.98 Å². The smallest absolute Gasteiger partial charge is 0.224 e. The van der Waals surface area contributed by atoms with E-state index in [0.29, 0.717) is 12.8 Å². The number of hydrogen-bond donors (Lipinski definition) is 2. The van der Waals surface area contributed by atoms with Crippen molar-refractivity contribution >= 4 is 11.6 Å². The van der Waals surface area contributed by atoms with E-state index in [0.717, 1.165) is 17.1 Å². The summed E-state index contributed by atoms with van der Waals surface area (Å²) in [7, 11) is 0. The Kier molecular flexibility index (Phi) is 3.49. The number of aromatic nitrogens is 3. The molecule has 0 atom stereocenters. The fraction of sp³-hybridized carbons (Fsp3) is 0.250. The van der Waals surface area contributed by atoms with E-state index >= 15 is 0 Å². The number of nitrogens with zero attached hydrogens (tertiary/aromatic N) is 2. The normalized spacial score (nSPS) is 10.2. The Morgan fingerprint density at radius 1 is 1.53 bits per heavy atom. The second-order valence-corrected chi connectivity index (χ2v) is 3.81. The highest BCUT2D eigenvalue weighted by Crippen LogP contribution is 2.08. The number of aryl methyl sites for hydroxylation is 2. The molecule has 0 saturated carbocycles. The molecule has 0 aliphatic heterocycles. The minimum absolute atomic E-state index is 0.00907. The van der Waals surface area contributed by atoms with Gasteiger partial charge in [0.1, 0.15) is 0 Å². The zero-order valence-corrected chi connectivity index (χ0v) is 9.60. The van der Waals surface area contributed by atoms with Crippen LogP contribution in [0.15, 0.2) is 30.9 Å². The predicted molar refractivity (Wildman–Crippen MR) is 64.5 cm³/mol. The van der Waals surface area contributed by atoms with E-state index < -0.39 is 0 Å². The zero-order valence-electron chi connectivity index (χ0n) is 9.60. The molecule has 0 unspecified atom stereocenters. The summed E-state index contributed by atoms with van der Waals surface area (Å²) >= 11 is 0. The van der Waals surface area contributed by atoms with E-state index in [1.54, 1.807) is 24.8 Å². The molecule has 0 spiro atoms. The lowest BCUT2D eigenvalue weighted by Crippen LogP contribution is -2.12. The van der Waals surface area contributed by atoms with Gasteiger partial charge < -0.3 is 10.3 Å². The van der Waals surface area contributed by atoms with Gasteiger partial charge in [0.05, 0.1) is 6.33 Å². The molecule has 2 rings (SSSR count). The lowest BCUT2D eigenvalue weighted by Gasteiger charge is -2.04. The van der Waals surface area contributed by atoms with Crippen molar-refractivity contribution in [3.63, 3.8) is 0 Å². The number of carbonyl (C=O) groups excluding carboxylic acids is 1. The highest BCUT2D eigenvalue weighted by Gasteiger charge is 2.04. The molecule has 0 fully saturated rings. The van der Waals surface area contributed by atoms with Gasteiger partial charge in [0.25, 0.3) is 0 Å². The third-order valence-corrected chi connectivity index (χ3v) is 2.36. The first-order valence-electron chi connectivity index (χ1n) is 5.44. The number of carbonyl (C=O) groups is 1. The number of imidazole rings is 1. The Bertz CT molecular complexity index is 493. The molecule has 1 amide bonds. The predicted octanol–water partition coefficient (Wildman–Crippen LogP) is 1.68. The molecular formula is C12H14N4O. The fourth-order valence-corrected chi connectivity index (χ4v) is 1.52. The molecule has 2 aromatic rings. The van der Waals surface area contributed by atoms with Gasteiger partial charge in [-0.1, -0.05) is 0 Å². The van der Waals surface area contributed by atoms with Gasteiger partial charge in [-0.05, 0) is 25.5 Å². The van der Waals surface area contributed by atoms with E-state index in [1.807, 2.05) is 13.0 Å². The highest BCUT2D eigenvalue weighted by atomic mass is 16.1. The Balaban J connectivity index is 1.85. The number of nitrogens with one attached hydrogen (secondary N) is 2. The van der Waals surface area contributed by atoms with Crippen molar-refractivity contribution in [3.8, 4) is 0 Å². The molecule has 5 nitrogen and oxygen atoms in total. The molecule has 2 aromatic heterocycles. The molecule has 0 aliphatic carbocycles. The van der Waals surface area contributed by atoms with Crippen LogP contribution in [0.25, 0.3) is 0 Å². The van der Waals surface area contributed by atoms with Crippen LogP contribution in [0.3, 0.4) is 0 Å². The minimum atomic E-state index is -0.00907. The summed E-state index contributed by atoms with van der Waals surface area (Å²) < 4.78 is 0. The van der Waals surface area contributed by atoms with Gasteiger partial charge in [0.15, 0.2) is 0 Å². The quantitative estimate of drug-likeness (QED) is 0.839. The molecule has 88 valence electrons. The van der Waals surface area contributed by atoms with Gasteiger partial charge >= 0.3 is 0 Å². The minimum Gasteiger partial charge on any atom is -0.348 e. The van der Waals surface area contributed by atoms with Gasteiger partial charge in [-0.2, -0.15) is 0 Å². The lowest BCUT2D eigenvalue weighted by atomic mass is 10.2. The molecule has 2 N–H and O–H groups in total. The third kappa shape index (κ3) is 3.41. The summed E-state index contributed by atoms with van der Waals surface area (Å²) in [4.78, 5) is 22.6. The summed E-state index contributed by atoms with van der Waals surface area (Å²) in [5.74, 6) is -0.00907. The van der Waals surface area contributed by atoms with Crippen LogP contribution >= 0.6 is 0 Å². The van der Waals surface area contributed by atoms with Crippen LogP contribution in [0.4, 0.5) is 5.69 Å². The maximum atomic E-state index is 11.7. The summed E-state index contributed by atoms with van der Waals surface area (Å²) in [6, 6.07) is 3.62. The van der Waals surface area contributed by atoms with Crippen LogP contribution in [0.5, 0.6) is 0 Å². The number of rotatable bonds is 4. The van der Waals surface area contributed by atoms with Gasteiger partial charge in [0.2, 0.25) is 5.91 Å². The number of pyridine rings is 1. The van der Waals surface area contributed by atoms with Gasteiger partial charge in [-0.15, -0.1) is 0 Å². The summed E-state index contributed by atoms with van der Waals surface area (Å²) in [5, 5.41) is 2.83. The van der Waals surface area contributed by atoms with Crippen LogP contribution in [0.1, 0.15) is 17.8 Å². The number of anilines is 1. The molecule has 0 aliphatic rings.